The molecule has 0 heterocycles. The van der Waals surface area contributed by atoms with Crippen LogP contribution in [0.3, 0.4) is 0 Å². The SMILES string of the molecule is COC(=O)CNC(=O)Cc1ccc(NC(=O)CCCNC(=O)c2ccccc2)cc1. The second-order valence-electron chi connectivity index (χ2n) is 6.50. The van der Waals surface area contributed by atoms with E-state index in [9.17, 15) is 19.2 Å². The molecule has 0 aliphatic rings. The van der Waals surface area contributed by atoms with E-state index in [2.05, 4.69) is 20.7 Å². The normalized spacial score (nSPS) is 10.0. The second kappa shape index (κ2) is 12.0. The van der Waals surface area contributed by atoms with Crippen LogP contribution in [0.5, 0.6) is 0 Å². The lowest BCUT2D eigenvalue weighted by Gasteiger charge is -2.08. The summed E-state index contributed by atoms with van der Waals surface area (Å²) in [6.07, 6.45) is 0.905. The fourth-order valence-electron chi connectivity index (χ4n) is 2.56. The van der Waals surface area contributed by atoms with E-state index in [1.807, 2.05) is 6.07 Å². The Bertz CT molecular complexity index is 866. The minimum absolute atomic E-state index is 0.117. The van der Waals surface area contributed by atoms with Crippen molar-refractivity contribution in [3.63, 3.8) is 0 Å². The first-order valence-electron chi connectivity index (χ1n) is 9.53. The smallest absolute Gasteiger partial charge is 0.325 e. The van der Waals surface area contributed by atoms with Crippen LogP contribution in [-0.4, -0.2) is 43.9 Å². The lowest BCUT2D eigenvalue weighted by atomic mass is 10.1. The summed E-state index contributed by atoms with van der Waals surface area (Å²) < 4.78 is 4.46. The van der Waals surface area contributed by atoms with Crippen LogP contribution < -0.4 is 16.0 Å². The summed E-state index contributed by atoms with van der Waals surface area (Å²) in [5, 5.41) is 8.02. The lowest BCUT2D eigenvalue weighted by molar-refractivity contribution is -0.141. The van der Waals surface area contributed by atoms with Crippen LogP contribution in [0.15, 0.2) is 54.6 Å². The zero-order valence-electron chi connectivity index (χ0n) is 16.8. The van der Waals surface area contributed by atoms with Crippen molar-refractivity contribution in [1.29, 1.82) is 0 Å². The molecule has 2 rings (SSSR count). The van der Waals surface area contributed by atoms with E-state index in [-0.39, 0.29) is 37.1 Å². The first kappa shape index (κ1) is 22.6. The highest BCUT2D eigenvalue weighted by Gasteiger charge is 2.08. The number of carbonyl (C=O) groups is 4. The van der Waals surface area contributed by atoms with Gasteiger partial charge in [0.05, 0.1) is 13.5 Å². The highest BCUT2D eigenvalue weighted by molar-refractivity contribution is 5.94. The molecule has 0 saturated heterocycles. The number of carbonyl (C=O) groups excluding carboxylic acids is 4. The summed E-state index contributed by atoms with van der Waals surface area (Å²) in [6.45, 7) is 0.232. The van der Waals surface area contributed by atoms with Crippen molar-refractivity contribution in [2.45, 2.75) is 19.3 Å². The van der Waals surface area contributed by atoms with Crippen molar-refractivity contribution in [1.82, 2.24) is 10.6 Å². The molecule has 0 aliphatic carbocycles. The number of amides is 3. The molecule has 0 fully saturated rings. The summed E-state index contributed by atoms with van der Waals surface area (Å²) >= 11 is 0. The first-order chi connectivity index (χ1) is 14.5. The molecule has 0 bridgehead atoms. The van der Waals surface area contributed by atoms with Gasteiger partial charge in [0.15, 0.2) is 0 Å². The van der Waals surface area contributed by atoms with Gasteiger partial charge < -0.3 is 20.7 Å². The molecule has 2 aromatic rings. The molecule has 2 aromatic carbocycles. The van der Waals surface area contributed by atoms with E-state index < -0.39 is 5.97 Å². The van der Waals surface area contributed by atoms with E-state index in [0.717, 1.165) is 5.56 Å². The molecule has 8 nitrogen and oxygen atoms in total. The molecule has 3 N–H and O–H groups in total. The van der Waals surface area contributed by atoms with Crippen LogP contribution in [0.2, 0.25) is 0 Å². The number of methoxy groups -OCH3 is 1. The van der Waals surface area contributed by atoms with Crippen molar-refractivity contribution in [2.75, 3.05) is 25.5 Å². The summed E-state index contributed by atoms with van der Waals surface area (Å²) in [6, 6.07) is 15.8. The number of ether oxygens (including phenoxy) is 1. The van der Waals surface area contributed by atoms with E-state index in [1.165, 1.54) is 7.11 Å². The molecule has 3 amide bonds. The minimum atomic E-state index is -0.513. The van der Waals surface area contributed by atoms with Crippen LogP contribution in [0.4, 0.5) is 5.69 Å². The number of nitrogens with one attached hydrogen (secondary N) is 3. The number of rotatable bonds is 10. The van der Waals surface area contributed by atoms with Crippen molar-refractivity contribution in [3.8, 4) is 0 Å². The molecule has 0 unspecified atom stereocenters. The van der Waals surface area contributed by atoms with Gasteiger partial charge in [0.25, 0.3) is 5.91 Å². The highest BCUT2D eigenvalue weighted by atomic mass is 16.5. The summed E-state index contributed by atoms with van der Waals surface area (Å²) in [4.78, 5) is 46.7. The van der Waals surface area contributed by atoms with E-state index in [0.29, 0.717) is 24.2 Å². The van der Waals surface area contributed by atoms with E-state index >= 15 is 0 Å². The molecular weight excluding hydrogens is 386 g/mol. The maximum atomic E-state index is 12.0. The maximum absolute atomic E-state index is 12.0. The molecule has 0 saturated carbocycles. The standard InChI is InChI=1S/C22H25N3O5/c1-30-21(28)15-24-20(27)14-16-9-11-18(12-10-16)25-19(26)8-5-13-23-22(29)17-6-3-2-4-7-17/h2-4,6-7,9-12H,5,8,13-15H2,1H3,(H,23,29)(H,24,27)(H,25,26). The van der Waals surface area contributed by atoms with Crippen molar-refractivity contribution >= 4 is 29.4 Å². The zero-order valence-corrected chi connectivity index (χ0v) is 16.8. The van der Waals surface area contributed by atoms with Crippen molar-refractivity contribution in [3.05, 3.63) is 65.7 Å². The molecule has 158 valence electrons. The Morgan fingerprint density at radius 3 is 2.23 bits per heavy atom. The molecule has 30 heavy (non-hydrogen) atoms. The van der Waals surface area contributed by atoms with Gasteiger partial charge in [-0.1, -0.05) is 30.3 Å². The third-order valence-corrected chi connectivity index (χ3v) is 4.16. The summed E-state index contributed by atoms with van der Waals surface area (Å²) in [7, 11) is 1.25. The number of hydrogen-bond acceptors (Lipinski definition) is 5. The molecular formula is C22H25N3O5. The van der Waals surface area contributed by atoms with Gasteiger partial charge >= 0.3 is 5.97 Å². The molecule has 0 spiro atoms. The van der Waals surface area contributed by atoms with Crippen LogP contribution in [-0.2, 0) is 25.5 Å². The quantitative estimate of drug-likeness (QED) is 0.407. The summed E-state index contributed by atoms with van der Waals surface area (Å²) in [5.74, 6) is -1.13. The number of hydrogen-bond donors (Lipinski definition) is 3. The minimum Gasteiger partial charge on any atom is -0.468 e. The van der Waals surface area contributed by atoms with Gasteiger partial charge in [-0.25, -0.2) is 0 Å². The zero-order chi connectivity index (χ0) is 21.8. The molecule has 0 radical (unpaired) electrons. The lowest BCUT2D eigenvalue weighted by Crippen LogP contribution is -2.31. The molecule has 0 aliphatic heterocycles. The average Bonchev–Trinajstić information content (AvgIpc) is 2.76. The topological polar surface area (TPSA) is 114 Å². The number of esters is 1. The first-order valence-corrected chi connectivity index (χ1v) is 9.53. The fraction of sp³-hybridized carbons (Fsp3) is 0.273. The van der Waals surface area contributed by atoms with Crippen molar-refractivity contribution < 1.29 is 23.9 Å². The van der Waals surface area contributed by atoms with Crippen LogP contribution in [0.25, 0.3) is 0 Å². The van der Waals surface area contributed by atoms with E-state index in [1.54, 1.807) is 48.5 Å². The Kier molecular flexibility index (Phi) is 9.05. The molecule has 0 aromatic heterocycles. The predicted molar refractivity (Wildman–Crippen MR) is 112 cm³/mol. The Hall–Kier alpha value is -3.68. The van der Waals surface area contributed by atoms with Gasteiger partial charge in [-0.3, -0.25) is 19.2 Å². The molecule has 0 atom stereocenters. The van der Waals surface area contributed by atoms with Crippen LogP contribution in [0.1, 0.15) is 28.8 Å². The predicted octanol–water partition coefficient (Wildman–Crippen LogP) is 1.67. The van der Waals surface area contributed by atoms with Crippen LogP contribution >= 0.6 is 0 Å². The Labute approximate surface area is 175 Å². The van der Waals surface area contributed by atoms with Gasteiger partial charge in [0.2, 0.25) is 11.8 Å². The fourth-order valence-corrected chi connectivity index (χ4v) is 2.56. The van der Waals surface area contributed by atoms with Crippen molar-refractivity contribution in [2.24, 2.45) is 0 Å². The number of benzene rings is 2. The van der Waals surface area contributed by atoms with Gasteiger partial charge in [-0.15, -0.1) is 0 Å². The largest absolute Gasteiger partial charge is 0.468 e. The Balaban J connectivity index is 1.67. The highest BCUT2D eigenvalue weighted by Crippen LogP contribution is 2.11. The van der Waals surface area contributed by atoms with Gasteiger partial charge in [0.1, 0.15) is 6.54 Å². The number of anilines is 1. The second-order valence-corrected chi connectivity index (χ2v) is 6.50. The summed E-state index contributed by atoms with van der Waals surface area (Å²) in [5.41, 5.74) is 1.95. The van der Waals surface area contributed by atoms with Gasteiger partial charge in [-0.2, -0.15) is 0 Å². The van der Waals surface area contributed by atoms with E-state index in [4.69, 9.17) is 0 Å². The monoisotopic (exact) mass is 411 g/mol. The third kappa shape index (κ3) is 8.14. The Morgan fingerprint density at radius 2 is 1.57 bits per heavy atom. The maximum Gasteiger partial charge on any atom is 0.325 e. The average molecular weight is 411 g/mol. The third-order valence-electron chi connectivity index (χ3n) is 4.16. The Morgan fingerprint density at radius 1 is 0.867 bits per heavy atom. The van der Waals surface area contributed by atoms with Crippen LogP contribution in [0, 0.1) is 0 Å². The van der Waals surface area contributed by atoms with Gasteiger partial charge in [-0.05, 0) is 36.2 Å². The molecule has 8 heteroatoms. The van der Waals surface area contributed by atoms with Gasteiger partial charge in [0, 0.05) is 24.2 Å².